The van der Waals surface area contributed by atoms with Crippen LogP contribution in [0.15, 0.2) is 23.2 Å². The van der Waals surface area contributed by atoms with E-state index in [0.29, 0.717) is 17.6 Å². The number of hydrogen-bond acceptors (Lipinski definition) is 4. The van der Waals surface area contributed by atoms with Crippen LogP contribution in [-0.2, 0) is 0 Å². The molecule has 1 heterocycles. The molecular formula is C14H16FN3S. The zero-order chi connectivity index (χ0) is 13.8. The lowest BCUT2D eigenvalue weighted by atomic mass is 10.1. The molecule has 2 rings (SSSR count). The summed E-state index contributed by atoms with van der Waals surface area (Å²) in [5.74, 6) is 1.11. The smallest absolute Gasteiger partial charge is 0.161 e. The van der Waals surface area contributed by atoms with E-state index in [1.807, 2.05) is 6.07 Å². The lowest BCUT2D eigenvalue weighted by molar-refractivity contribution is 0.529. The predicted octanol–water partition coefficient (Wildman–Crippen LogP) is 3.63. The number of benzene rings is 1. The molecule has 1 aliphatic heterocycles. The maximum atomic E-state index is 13.2. The summed E-state index contributed by atoms with van der Waals surface area (Å²) in [6.45, 7) is 4.37. The van der Waals surface area contributed by atoms with E-state index in [9.17, 15) is 4.39 Å². The van der Waals surface area contributed by atoms with Crippen LogP contribution in [0, 0.1) is 23.1 Å². The summed E-state index contributed by atoms with van der Waals surface area (Å²) in [5.41, 5.74) is 0.752. The summed E-state index contributed by atoms with van der Waals surface area (Å²) < 4.78 is 13.2. The Kier molecular flexibility index (Phi) is 4.43. The van der Waals surface area contributed by atoms with Gasteiger partial charge in [-0.1, -0.05) is 25.6 Å². The Morgan fingerprint density at radius 3 is 3.05 bits per heavy atom. The molecule has 19 heavy (non-hydrogen) atoms. The van der Waals surface area contributed by atoms with Crippen molar-refractivity contribution in [3.8, 4) is 6.07 Å². The Bertz CT molecular complexity index is 534. The second-order valence-electron chi connectivity index (χ2n) is 4.96. The average molecular weight is 277 g/mol. The molecule has 5 heteroatoms. The zero-order valence-corrected chi connectivity index (χ0v) is 11.8. The molecule has 0 aliphatic carbocycles. The minimum absolute atomic E-state index is 0.0485. The Labute approximate surface area is 116 Å². The van der Waals surface area contributed by atoms with E-state index in [1.54, 1.807) is 17.8 Å². The first-order chi connectivity index (χ1) is 9.08. The van der Waals surface area contributed by atoms with Crippen molar-refractivity contribution in [2.75, 3.05) is 11.1 Å². The van der Waals surface area contributed by atoms with Crippen molar-refractivity contribution in [2.45, 2.75) is 26.3 Å². The van der Waals surface area contributed by atoms with Crippen LogP contribution in [0.25, 0.3) is 0 Å². The summed E-state index contributed by atoms with van der Waals surface area (Å²) in [4.78, 5) is 4.59. The highest BCUT2D eigenvalue weighted by Crippen LogP contribution is 2.24. The minimum atomic E-state index is -0.494. The number of nitrogens with one attached hydrogen (secondary N) is 1. The van der Waals surface area contributed by atoms with Crippen molar-refractivity contribution in [3.63, 3.8) is 0 Å². The van der Waals surface area contributed by atoms with E-state index in [2.05, 4.69) is 24.2 Å². The number of nitrogens with zero attached hydrogens (tertiary/aromatic N) is 2. The topological polar surface area (TPSA) is 48.2 Å². The highest BCUT2D eigenvalue weighted by Gasteiger charge is 2.19. The molecule has 1 aromatic rings. The van der Waals surface area contributed by atoms with Gasteiger partial charge in [0.2, 0.25) is 0 Å². The first-order valence-corrected chi connectivity index (χ1v) is 7.24. The first kappa shape index (κ1) is 13.9. The minimum Gasteiger partial charge on any atom is -0.335 e. The van der Waals surface area contributed by atoms with E-state index in [0.717, 1.165) is 17.3 Å². The second kappa shape index (κ2) is 6.07. The second-order valence-corrected chi connectivity index (χ2v) is 5.97. The lowest BCUT2D eigenvalue weighted by Gasteiger charge is -2.07. The van der Waals surface area contributed by atoms with Gasteiger partial charge in [0.1, 0.15) is 11.9 Å². The van der Waals surface area contributed by atoms with Crippen molar-refractivity contribution in [3.05, 3.63) is 29.6 Å². The van der Waals surface area contributed by atoms with Crippen LogP contribution >= 0.6 is 11.8 Å². The number of amidine groups is 1. The number of halogens is 1. The van der Waals surface area contributed by atoms with Gasteiger partial charge in [0.05, 0.1) is 11.6 Å². The van der Waals surface area contributed by atoms with Gasteiger partial charge in [0, 0.05) is 11.4 Å². The largest absolute Gasteiger partial charge is 0.335 e. The zero-order valence-electron chi connectivity index (χ0n) is 11.0. The fourth-order valence-corrected chi connectivity index (χ4v) is 2.94. The quantitative estimate of drug-likeness (QED) is 0.917. The molecule has 0 saturated carbocycles. The molecule has 1 atom stereocenters. The van der Waals surface area contributed by atoms with Gasteiger partial charge in [0.25, 0.3) is 0 Å². The molecular weight excluding hydrogens is 261 g/mol. The molecule has 1 aliphatic rings. The lowest BCUT2D eigenvalue weighted by Crippen LogP contribution is -2.08. The highest BCUT2D eigenvalue weighted by atomic mass is 32.2. The molecule has 100 valence electrons. The fraction of sp³-hybridized carbons (Fsp3) is 0.429. The summed E-state index contributed by atoms with van der Waals surface area (Å²) in [6.07, 6.45) is 1.07. The van der Waals surface area contributed by atoms with E-state index < -0.39 is 5.82 Å². The van der Waals surface area contributed by atoms with Crippen LogP contribution < -0.4 is 5.32 Å². The SMILES string of the molecule is CC(C)CC1CSC(Nc2ccc(F)c(C#N)c2)=N1. The van der Waals surface area contributed by atoms with E-state index >= 15 is 0 Å². The number of aliphatic imine (C=N–C) groups is 1. The average Bonchev–Trinajstić information content (AvgIpc) is 2.78. The highest BCUT2D eigenvalue weighted by molar-refractivity contribution is 8.14. The number of hydrogen-bond donors (Lipinski definition) is 1. The van der Waals surface area contributed by atoms with Crippen LogP contribution in [0.1, 0.15) is 25.8 Å². The molecule has 0 fully saturated rings. The molecule has 0 saturated heterocycles. The van der Waals surface area contributed by atoms with Crippen molar-refractivity contribution in [2.24, 2.45) is 10.9 Å². The molecule has 1 aromatic carbocycles. The normalized spacial score (nSPS) is 18.3. The Morgan fingerprint density at radius 2 is 2.37 bits per heavy atom. The van der Waals surface area contributed by atoms with Gasteiger partial charge >= 0.3 is 0 Å². The number of thioether (sulfide) groups is 1. The molecule has 0 spiro atoms. The third-order valence-electron chi connectivity index (χ3n) is 2.79. The number of anilines is 1. The summed E-state index contributed by atoms with van der Waals surface area (Å²) in [7, 11) is 0. The molecule has 0 amide bonds. The van der Waals surface area contributed by atoms with Crippen molar-refractivity contribution in [1.82, 2.24) is 0 Å². The van der Waals surface area contributed by atoms with Crippen LogP contribution in [0.5, 0.6) is 0 Å². The number of rotatable bonds is 3. The fourth-order valence-electron chi connectivity index (χ4n) is 1.96. The van der Waals surface area contributed by atoms with Gasteiger partial charge < -0.3 is 5.32 Å². The van der Waals surface area contributed by atoms with Gasteiger partial charge in [-0.15, -0.1) is 0 Å². The standard InChI is InChI=1S/C14H16FN3S/c1-9(2)5-12-8-19-14(18-12)17-11-3-4-13(15)10(6-11)7-16/h3-4,6,9,12H,5,8H2,1-2H3,(H,17,18). The molecule has 0 radical (unpaired) electrons. The molecule has 1 N–H and O–H groups in total. The van der Waals surface area contributed by atoms with Crippen molar-refractivity contribution >= 4 is 22.6 Å². The molecule has 0 aromatic heterocycles. The van der Waals surface area contributed by atoms with Crippen molar-refractivity contribution in [1.29, 1.82) is 5.26 Å². The maximum absolute atomic E-state index is 13.2. The monoisotopic (exact) mass is 277 g/mol. The van der Waals surface area contributed by atoms with Crippen molar-refractivity contribution < 1.29 is 4.39 Å². The summed E-state index contributed by atoms with van der Waals surface area (Å²) >= 11 is 1.67. The van der Waals surface area contributed by atoms with Gasteiger partial charge in [-0.2, -0.15) is 5.26 Å². The first-order valence-electron chi connectivity index (χ1n) is 6.25. The molecule has 3 nitrogen and oxygen atoms in total. The van der Waals surface area contributed by atoms with Crippen LogP contribution in [0.3, 0.4) is 0 Å². The third-order valence-corrected chi connectivity index (χ3v) is 3.83. The summed E-state index contributed by atoms with van der Waals surface area (Å²) in [6, 6.07) is 6.61. The van der Waals surface area contributed by atoms with Gasteiger partial charge in [0.15, 0.2) is 5.17 Å². The van der Waals surface area contributed by atoms with Crippen LogP contribution in [0.4, 0.5) is 10.1 Å². The molecule has 0 bridgehead atoms. The van der Waals surface area contributed by atoms with Crippen LogP contribution in [0.2, 0.25) is 0 Å². The Hall–Kier alpha value is -1.54. The van der Waals surface area contributed by atoms with E-state index in [1.165, 1.54) is 12.1 Å². The van der Waals surface area contributed by atoms with Gasteiger partial charge in [-0.3, -0.25) is 4.99 Å². The van der Waals surface area contributed by atoms with E-state index in [4.69, 9.17) is 5.26 Å². The van der Waals surface area contributed by atoms with Gasteiger partial charge in [-0.25, -0.2) is 4.39 Å². The predicted molar refractivity (Wildman–Crippen MR) is 77.9 cm³/mol. The third kappa shape index (κ3) is 3.71. The molecule has 1 unspecified atom stereocenters. The summed E-state index contributed by atoms with van der Waals surface area (Å²) in [5, 5.41) is 12.8. The Morgan fingerprint density at radius 1 is 1.58 bits per heavy atom. The van der Waals surface area contributed by atoms with E-state index in [-0.39, 0.29) is 5.56 Å². The number of nitriles is 1. The maximum Gasteiger partial charge on any atom is 0.161 e. The van der Waals surface area contributed by atoms with Gasteiger partial charge in [-0.05, 0) is 30.5 Å². The van der Waals surface area contributed by atoms with Crippen LogP contribution in [-0.4, -0.2) is 17.0 Å². The Balaban J connectivity index is 2.04.